The van der Waals surface area contributed by atoms with E-state index in [1.807, 2.05) is 18.2 Å². The second-order valence-electron chi connectivity index (χ2n) is 6.48. The third-order valence-electron chi connectivity index (χ3n) is 4.84. The van der Waals surface area contributed by atoms with E-state index < -0.39 is 0 Å². The van der Waals surface area contributed by atoms with E-state index in [2.05, 4.69) is 78.3 Å². The number of hydrogen-bond donors (Lipinski definition) is 1. The van der Waals surface area contributed by atoms with Gasteiger partial charge in [-0.3, -0.25) is 3.97 Å². The van der Waals surface area contributed by atoms with Gasteiger partial charge in [0.15, 0.2) is 0 Å². The molecule has 0 aliphatic carbocycles. The van der Waals surface area contributed by atoms with Crippen molar-refractivity contribution in [3.63, 3.8) is 0 Å². The molecule has 0 saturated heterocycles. The quantitative estimate of drug-likeness (QED) is 0.297. The molecule has 0 aliphatic heterocycles. The van der Waals surface area contributed by atoms with E-state index in [0.717, 1.165) is 34.2 Å². The van der Waals surface area contributed by atoms with E-state index in [9.17, 15) is 0 Å². The maximum Gasteiger partial charge on any atom is 0.111 e. The highest BCUT2D eigenvalue weighted by Crippen LogP contribution is 2.38. The van der Waals surface area contributed by atoms with Crippen LogP contribution in [-0.2, 0) is 12.8 Å². The summed E-state index contributed by atoms with van der Waals surface area (Å²) in [4.78, 5) is 8.15. The molecule has 0 spiro atoms. The zero-order chi connectivity index (χ0) is 19.1. The van der Waals surface area contributed by atoms with Crippen molar-refractivity contribution in [3.8, 4) is 6.07 Å². The maximum atomic E-state index is 9.11. The number of nitriles is 1. The summed E-state index contributed by atoms with van der Waals surface area (Å²) < 4.78 is 3.31. The summed E-state index contributed by atoms with van der Waals surface area (Å²) in [7, 11) is 1.67. The minimum absolute atomic E-state index is 0.642. The van der Waals surface area contributed by atoms with E-state index in [1.54, 1.807) is 9.12 Å². The Morgan fingerprint density at radius 2 is 2.19 bits per heavy atom. The van der Waals surface area contributed by atoms with Crippen molar-refractivity contribution in [3.05, 3.63) is 63.0 Å². The first kappa shape index (κ1) is 18.8. The lowest BCUT2D eigenvalue weighted by atomic mass is 9.95. The Morgan fingerprint density at radius 3 is 2.89 bits per heavy atom. The van der Waals surface area contributed by atoms with Crippen LogP contribution in [0.5, 0.6) is 0 Å². The second kappa shape index (κ2) is 7.49. The number of rotatable bonds is 4. The first-order valence-electron chi connectivity index (χ1n) is 8.55. The van der Waals surface area contributed by atoms with Crippen molar-refractivity contribution in [2.75, 3.05) is 0 Å². The number of imidazole rings is 1. The highest BCUT2D eigenvalue weighted by atomic mass is 127. The normalized spacial score (nSPS) is 11.4. The van der Waals surface area contributed by atoms with Gasteiger partial charge in [-0.2, -0.15) is 5.26 Å². The topological polar surface area (TPSA) is 57.4 Å². The van der Waals surface area contributed by atoms with Gasteiger partial charge in [0.2, 0.25) is 0 Å². The van der Waals surface area contributed by atoms with E-state index in [0.29, 0.717) is 5.56 Å². The average Bonchev–Trinajstić information content (AvgIpc) is 3.23. The van der Waals surface area contributed by atoms with Crippen LogP contribution in [0, 0.1) is 18.3 Å². The summed E-state index contributed by atoms with van der Waals surface area (Å²) in [6.45, 7) is 4.37. The van der Waals surface area contributed by atoms with E-state index in [1.165, 1.54) is 27.6 Å². The van der Waals surface area contributed by atoms with Crippen LogP contribution in [0.3, 0.4) is 0 Å². The Bertz CT molecular complexity index is 1220. The van der Waals surface area contributed by atoms with Gasteiger partial charge in [-0.15, -0.1) is 0 Å². The number of hydrogen-bond acceptors (Lipinski definition) is 3. The smallest absolute Gasteiger partial charge is 0.111 e. The Labute approximate surface area is 182 Å². The van der Waals surface area contributed by atoms with E-state index in [4.69, 9.17) is 10.2 Å². The predicted molar refractivity (Wildman–Crippen MR) is 124 cm³/mol. The lowest BCUT2D eigenvalue weighted by molar-refractivity contribution is 1.00. The summed E-state index contributed by atoms with van der Waals surface area (Å²) in [5.74, 6) is 0.918. The monoisotopic (exact) mass is 550 g/mol. The molecule has 0 atom stereocenters. The summed E-state index contributed by atoms with van der Waals surface area (Å²) in [6, 6.07) is 10.0. The first-order valence-corrected chi connectivity index (χ1v) is 12.7. The van der Waals surface area contributed by atoms with Crippen LogP contribution in [0.25, 0.3) is 21.9 Å². The number of halogens is 2. The molecular weight excluding hydrogens is 535 g/mol. The summed E-state index contributed by atoms with van der Waals surface area (Å²) in [5, 5.41) is 10.4. The molecular formula is C20H16BrIN4S. The molecule has 2 heterocycles. The molecule has 4 aromatic rings. The van der Waals surface area contributed by atoms with Gasteiger partial charge in [0, 0.05) is 52.8 Å². The molecule has 0 amide bonds. The van der Waals surface area contributed by atoms with E-state index >= 15 is 0 Å². The Balaban J connectivity index is 1.89. The number of benzene rings is 2. The zero-order valence-electron chi connectivity index (χ0n) is 14.8. The van der Waals surface area contributed by atoms with Crippen LogP contribution < -0.4 is 0 Å². The first-order chi connectivity index (χ1) is 13.0. The van der Waals surface area contributed by atoms with Crippen molar-refractivity contribution in [1.29, 1.82) is 5.26 Å². The van der Waals surface area contributed by atoms with Crippen molar-refractivity contribution in [2.24, 2.45) is 0 Å². The molecule has 2 aromatic carbocycles. The van der Waals surface area contributed by atoms with Crippen LogP contribution in [0.2, 0.25) is 0 Å². The number of H-pyrrole nitrogens is 1. The number of fused-ring (bicyclic) bond motifs is 2. The molecule has 0 saturated carbocycles. The second-order valence-corrected chi connectivity index (χ2v) is 9.05. The number of nitrogens with one attached hydrogen (secondary N) is 1. The largest absolute Gasteiger partial charge is 0.342 e. The highest BCUT2D eigenvalue weighted by Gasteiger charge is 2.18. The van der Waals surface area contributed by atoms with Crippen molar-refractivity contribution in [1.82, 2.24) is 13.9 Å². The number of aromatic nitrogens is 3. The van der Waals surface area contributed by atoms with Gasteiger partial charge in [0.25, 0.3) is 0 Å². The van der Waals surface area contributed by atoms with Crippen LogP contribution >= 0.6 is 46.3 Å². The fourth-order valence-corrected chi connectivity index (χ4v) is 5.79. The van der Waals surface area contributed by atoms with Gasteiger partial charge < -0.3 is 4.98 Å². The van der Waals surface area contributed by atoms with Crippen molar-refractivity contribution < 1.29 is 0 Å². The van der Waals surface area contributed by atoms with E-state index in [-0.39, 0.29) is 0 Å². The predicted octanol–water partition coefficient (Wildman–Crippen LogP) is 6.46. The molecule has 1 N–H and O–H groups in total. The third-order valence-corrected chi connectivity index (χ3v) is 7.15. The summed E-state index contributed by atoms with van der Waals surface area (Å²) in [5.41, 5.74) is 7.61. The standard InChI is InChI=1S/C20H16BrIN4S/c1-3-13-6-11(2)20-19(15(21)10-26(20)27-22)14(13)8-18-24-16-5-4-12(9-23)7-17(16)25-18/h4-7,10H,3,8H2,1-2H3,(H,24,25). The molecule has 0 radical (unpaired) electrons. The lowest BCUT2D eigenvalue weighted by Gasteiger charge is -2.13. The van der Waals surface area contributed by atoms with Crippen molar-refractivity contribution >= 4 is 68.2 Å². The highest BCUT2D eigenvalue weighted by molar-refractivity contribution is 14.2. The van der Waals surface area contributed by atoms with Gasteiger partial charge in [-0.25, -0.2) is 4.98 Å². The molecule has 27 heavy (non-hydrogen) atoms. The molecule has 4 nitrogen and oxygen atoms in total. The van der Waals surface area contributed by atoms with Crippen LogP contribution in [-0.4, -0.2) is 13.9 Å². The maximum absolute atomic E-state index is 9.11. The van der Waals surface area contributed by atoms with Crippen LogP contribution in [0.4, 0.5) is 0 Å². The van der Waals surface area contributed by atoms with Gasteiger partial charge in [-0.1, -0.05) is 13.0 Å². The van der Waals surface area contributed by atoms with Gasteiger partial charge in [0.05, 0.1) is 28.2 Å². The van der Waals surface area contributed by atoms with Gasteiger partial charge >= 0.3 is 0 Å². The van der Waals surface area contributed by atoms with Gasteiger partial charge in [-0.05, 0) is 64.2 Å². The van der Waals surface area contributed by atoms with Gasteiger partial charge in [0.1, 0.15) is 5.82 Å². The average molecular weight is 551 g/mol. The lowest BCUT2D eigenvalue weighted by Crippen LogP contribution is -2.00. The SMILES string of the molecule is CCc1cc(C)c2c(c(Br)cn2SI)c1Cc1nc2ccc(C#N)cc2[nH]1. The molecule has 7 heteroatoms. The van der Waals surface area contributed by atoms with Crippen LogP contribution in [0.15, 0.2) is 34.9 Å². The molecule has 0 aliphatic rings. The number of aromatic amines is 1. The molecule has 4 rings (SSSR count). The summed E-state index contributed by atoms with van der Waals surface area (Å²) in [6.07, 6.45) is 3.83. The molecule has 2 aromatic heterocycles. The number of aryl methyl sites for hydroxylation is 2. The Morgan fingerprint density at radius 1 is 1.37 bits per heavy atom. The molecule has 0 fully saturated rings. The minimum Gasteiger partial charge on any atom is -0.342 e. The fraction of sp³-hybridized carbons (Fsp3) is 0.200. The van der Waals surface area contributed by atoms with Crippen LogP contribution in [0.1, 0.15) is 35.0 Å². The Hall–Kier alpha value is -1.50. The number of nitrogens with zero attached hydrogens (tertiary/aromatic N) is 3. The zero-order valence-corrected chi connectivity index (χ0v) is 19.4. The Kier molecular flexibility index (Phi) is 5.23. The molecule has 0 unspecified atom stereocenters. The molecule has 136 valence electrons. The third kappa shape index (κ3) is 3.28. The van der Waals surface area contributed by atoms with Crippen molar-refractivity contribution in [2.45, 2.75) is 26.7 Å². The summed E-state index contributed by atoms with van der Waals surface area (Å²) >= 11 is 6.08. The fourth-order valence-electron chi connectivity index (χ4n) is 3.65. The minimum atomic E-state index is 0.642. The molecule has 0 bridgehead atoms.